The lowest BCUT2D eigenvalue weighted by molar-refractivity contribution is 0.125. The summed E-state index contributed by atoms with van der Waals surface area (Å²) in [5, 5.41) is 3.64. The Kier molecular flexibility index (Phi) is 3.27. The summed E-state index contributed by atoms with van der Waals surface area (Å²) in [5.74, 6) is 0. The summed E-state index contributed by atoms with van der Waals surface area (Å²) < 4.78 is 5.40. The molecule has 0 amide bonds. The van der Waals surface area contributed by atoms with Gasteiger partial charge in [-0.3, -0.25) is 0 Å². The van der Waals surface area contributed by atoms with Crippen LogP contribution in [0.25, 0.3) is 0 Å². The molecule has 0 aromatic rings. The molecular weight excluding hydrogens is 174 g/mol. The molecule has 0 spiro atoms. The SMILES string of the molecule is CCOCC(C)NC1C(C)(C)C1(C)C. The van der Waals surface area contributed by atoms with E-state index in [9.17, 15) is 0 Å². The van der Waals surface area contributed by atoms with Gasteiger partial charge in [-0.25, -0.2) is 0 Å². The van der Waals surface area contributed by atoms with Gasteiger partial charge in [-0.15, -0.1) is 0 Å². The zero-order valence-corrected chi connectivity index (χ0v) is 10.5. The van der Waals surface area contributed by atoms with Gasteiger partial charge in [0.15, 0.2) is 0 Å². The average Bonchev–Trinajstić information content (AvgIpc) is 2.44. The normalized spacial score (nSPS) is 26.1. The fraction of sp³-hybridized carbons (Fsp3) is 1.00. The van der Waals surface area contributed by atoms with Gasteiger partial charge in [-0.2, -0.15) is 0 Å². The third-order valence-electron chi connectivity index (χ3n) is 4.04. The van der Waals surface area contributed by atoms with E-state index < -0.39 is 0 Å². The first-order chi connectivity index (χ1) is 6.34. The molecule has 1 fully saturated rings. The maximum atomic E-state index is 5.40. The molecule has 1 aliphatic rings. The second-order valence-electron chi connectivity index (χ2n) is 5.60. The van der Waals surface area contributed by atoms with Crippen LogP contribution in [-0.2, 0) is 4.74 Å². The van der Waals surface area contributed by atoms with Crippen LogP contribution in [-0.4, -0.2) is 25.3 Å². The van der Waals surface area contributed by atoms with Gasteiger partial charge >= 0.3 is 0 Å². The first-order valence-electron chi connectivity index (χ1n) is 5.67. The predicted octanol–water partition coefficient (Wildman–Crippen LogP) is 2.44. The van der Waals surface area contributed by atoms with Crippen molar-refractivity contribution < 1.29 is 4.74 Å². The van der Waals surface area contributed by atoms with Crippen LogP contribution in [0.15, 0.2) is 0 Å². The molecule has 0 heterocycles. The zero-order chi connectivity index (χ0) is 11.0. The Hall–Kier alpha value is -0.0800. The van der Waals surface area contributed by atoms with E-state index in [1.165, 1.54) is 0 Å². The minimum Gasteiger partial charge on any atom is -0.380 e. The van der Waals surface area contributed by atoms with Crippen LogP contribution in [0.3, 0.4) is 0 Å². The van der Waals surface area contributed by atoms with E-state index in [1.54, 1.807) is 0 Å². The highest BCUT2D eigenvalue weighted by molar-refractivity contribution is 5.18. The van der Waals surface area contributed by atoms with E-state index in [-0.39, 0.29) is 0 Å². The van der Waals surface area contributed by atoms with Crippen molar-refractivity contribution in [3.05, 3.63) is 0 Å². The van der Waals surface area contributed by atoms with Crippen molar-refractivity contribution in [2.45, 2.75) is 53.6 Å². The lowest BCUT2D eigenvalue weighted by Gasteiger charge is -2.15. The second-order valence-corrected chi connectivity index (χ2v) is 5.60. The molecular formula is C12H25NO. The van der Waals surface area contributed by atoms with Crippen LogP contribution in [0, 0.1) is 10.8 Å². The van der Waals surface area contributed by atoms with Crippen LogP contribution < -0.4 is 5.32 Å². The summed E-state index contributed by atoms with van der Waals surface area (Å²) in [7, 11) is 0. The van der Waals surface area contributed by atoms with E-state index in [2.05, 4.69) is 39.9 Å². The molecule has 0 saturated heterocycles. The largest absolute Gasteiger partial charge is 0.380 e. The molecule has 1 N–H and O–H groups in total. The maximum absolute atomic E-state index is 5.40. The van der Waals surface area contributed by atoms with Crippen molar-refractivity contribution in [1.29, 1.82) is 0 Å². The summed E-state index contributed by atoms with van der Waals surface area (Å²) in [6, 6.07) is 1.09. The van der Waals surface area contributed by atoms with Crippen LogP contribution in [0.2, 0.25) is 0 Å². The molecule has 1 saturated carbocycles. The van der Waals surface area contributed by atoms with Crippen molar-refractivity contribution in [2.75, 3.05) is 13.2 Å². The fourth-order valence-corrected chi connectivity index (χ4v) is 2.24. The van der Waals surface area contributed by atoms with E-state index in [0.717, 1.165) is 13.2 Å². The third-order valence-corrected chi connectivity index (χ3v) is 4.04. The molecule has 0 aliphatic heterocycles. The van der Waals surface area contributed by atoms with Crippen molar-refractivity contribution >= 4 is 0 Å². The van der Waals surface area contributed by atoms with E-state index in [1.807, 2.05) is 6.92 Å². The first kappa shape index (κ1) is 12.0. The molecule has 14 heavy (non-hydrogen) atoms. The Balaban J connectivity index is 2.33. The smallest absolute Gasteiger partial charge is 0.0616 e. The van der Waals surface area contributed by atoms with Gasteiger partial charge < -0.3 is 10.1 Å². The number of nitrogens with one attached hydrogen (secondary N) is 1. The Morgan fingerprint density at radius 1 is 1.21 bits per heavy atom. The number of hydrogen-bond donors (Lipinski definition) is 1. The average molecular weight is 199 g/mol. The summed E-state index contributed by atoms with van der Waals surface area (Å²) >= 11 is 0. The highest BCUT2D eigenvalue weighted by Gasteiger charge is 2.64. The Bertz CT molecular complexity index is 184. The molecule has 84 valence electrons. The highest BCUT2D eigenvalue weighted by Crippen LogP contribution is 2.62. The predicted molar refractivity (Wildman–Crippen MR) is 60.4 cm³/mol. The van der Waals surface area contributed by atoms with E-state index in [4.69, 9.17) is 4.74 Å². The molecule has 0 radical (unpaired) electrons. The van der Waals surface area contributed by atoms with E-state index >= 15 is 0 Å². The van der Waals surface area contributed by atoms with Crippen LogP contribution >= 0.6 is 0 Å². The topological polar surface area (TPSA) is 21.3 Å². The molecule has 2 nitrogen and oxygen atoms in total. The number of rotatable bonds is 5. The van der Waals surface area contributed by atoms with Gasteiger partial charge in [-0.1, -0.05) is 27.7 Å². The number of ether oxygens (including phenoxy) is 1. The minimum absolute atomic E-state index is 0.424. The Labute approximate surface area is 88.4 Å². The molecule has 1 unspecified atom stereocenters. The van der Waals surface area contributed by atoms with Gasteiger partial charge in [0.1, 0.15) is 0 Å². The second kappa shape index (κ2) is 3.82. The highest BCUT2D eigenvalue weighted by atomic mass is 16.5. The van der Waals surface area contributed by atoms with Crippen molar-refractivity contribution in [1.82, 2.24) is 5.32 Å². The summed E-state index contributed by atoms with van der Waals surface area (Å²) in [4.78, 5) is 0. The van der Waals surface area contributed by atoms with Crippen molar-refractivity contribution in [3.8, 4) is 0 Å². The van der Waals surface area contributed by atoms with Crippen LogP contribution in [0.5, 0.6) is 0 Å². The fourth-order valence-electron chi connectivity index (χ4n) is 2.24. The van der Waals surface area contributed by atoms with Crippen molar-refractivity contribution in [3.63, 3.8) is 0 Å². The Morgan fingerprint density at radius 3 is 2.07 bits per heavy atom. The lowest BCUT2D eigenvalue weighted by atomic mass is 10.0. The quantitative estimate of drug-likeness (QED) is 0.734. The van der Waals surface area contributed by atoms with Gasteiger partial charge in [0.05, 0.1) is 6.61 Å². The molecule has 0 bridgehead atoms. The summed E-state index contributed by atoms with van der Waals surface area (Å²) in [5.41, 5.74) is 0.848. The monoisotopic (exact) mass is 199 g/mol. The van der Waals surface area contributed by atoms with Crippen molar-refractivity contribution in [2.24, 2.45) is 10.8 Å². The molecule has 0 aromatic carbocycles. The zero-order valence-electron chi connectivity index (χ0n) is 10.5. The molecule has 1 atom stereocenters. The minimum atomic E-state index is 0.424. The molecule has 0 aromatic heterocycles. The van der Waals surface area contributed by atoms with Gasteiger partial charge in [0.2, 0.25) is 0 Å². The van der Waals surface area contributed by atoms with E-state index in [0.29, 0.717) is 22.9 Å². The van der Waals surface area contributed by atoms with Gasteiger partial charge in [-0.05, 0) is 24.7 Å². The number of hydrogen-bond acceptors (Lipinski definition) is 2. The lowest BCUT2D eigenvalue weighted by Crippen LogP contribution is -2.35. The van der Waals surface area contributed by atoms with Gasteiger partial charge in [0, 0.05) is 18.7 Å². The van der Waals surface area contributed by atoms with Gasteiger partial charge in [0.25, 0.3) is 0 Å². The molecule has 1 rings (SSSR count). The van der Waals surface area contributed by atoms with Crippen LogP contribution in [0.1, 0.15) is 41.5 Å². The standard InChI is InChI=1S/C12H25NO/c1-7-14-8-9(2)13-10-11(3,4)12(10,5)6/h9-10,13H,7-8H2,1-6H3. The molecule has 2 heteroatoms. The third kappa shape index (κ3) is 1.96. The first-order valence-corrected chi connectivity index (χ1v) is 5.67. The summed E-state index contributed by atoms with van der Waals surface area (Å²) in [6.45, 7) is 15.2. The maximum Gasteiger partial charge on any atom is 0.0616 e. The molecule has 1 aliphatic carbocycles. The summed E-state index contributed by atoms with van der Waals surface area (Å²) in [6.07, 6.45) is 0. The Morgan fingerprint density at radius 2 is 1.71 bits per heavy atom. The van der Waals surface area contributed by atoms with Crippen LogP contribution in [0.4, 0.5) is 0 Å².